The minimum atomic E-state index is -0.769. The van der Waals surface area contributed by atoms with Gasteiger partial charge in [0.1, 0.15) is 0 Å². The fourth-order valence-electron chi connectivity index (χ4n) is 2.57. The molecular weight excluding hydrogens is 280 g/mol. The maximum Gasteiger partial charge on any atom is 0.182 e. The summed E-state index contributed by atoms with van der Waals surface area (Å²) in [4.78, 5) is 0. The van der Waals surface area contributed by atoms with Gasteiger partial charge in [0.05, 0.1) is 6.10 Å². The number of ether oxygens (including phenoxy) is 1. The average Bonchev–Trinajstić information content (AvgIpc) is 2.32. The van der Waals surface area contributed by atoms with Crippen molar-refractivity contribution in [3.63, 3.8) is 0 Å². The van der Waals surface area contributed by atoms with Crippen molar-refractivity contribution in [2.24, 2.45) is 0 Å². The van der Waals surface area contributed by atoms with E-state index in [0.717, 1.165) is 28.4 Å². The van der Waals surface area contributed by atoms with E-state index in [1.165, 1.54) is 16.7 Å². The molecule has 1 aliphatic heterocycles. The van der Waals surface area contributed by atoms with Gasteiger partial charge < -0.3 is 9.84 Å². The van der Waals surface area contributed by atoms with E-state index >= 15 is 0 Å². The Morgan fingerprint density at radius 1 is 1.24 bits per heavy atom. The second kappa shape index (κ2) is 4.71. The highest BCUT2D eigenvalue weighted by Crippen LogP contribution is 2.39. The Bertz CT molecular complexity index is 454. The van der Waals surface area contributed by atoms with E-state index in [1.807, 2.05) is 0 Å². The topological polar surface area (TPSA) is 29.5 Å². The van der Waals surface area contributed by atoms with Gasteiger partial charge in [-0.1, -0.05) is 22.9 Å². The van der Waals surface area contributed by atoms with Gasteiger partial charge in [0, 0.05) is 10.0 Å². The predicted molar refractivity (Wildman–Crippen MR) is 72.2 cm³/mol. The Balaban J connectivity index is 2.63. The highest BCUT2D eigenvalue weighted by atomic mass is 79.9. The molecule has 0 radical (unpaired) electrons. The Morgan fingerprint density at radius 2 is 1.88 bits per heavy atom. The lowest BCUT2D eigenvalue weighted by atomic mass is 9.87. The average molecular weight is 299 g/mol. The van der Waals surface area contributed by atoms with Gasteiger partial charge >= 0.3 is 0 Å². The molecule has 3 heteroatoms. The van der Waals surface area contributed by atoms with Crippen LogP contribution in [0.3, 0.4) is 0 Å². The summed E-state index contributed by atoms with van der Waals surface area (Å²) in [6.07, 6.45) is 1.19. The summed E-state index contributed by atoms with van der Waals surface area (Å²) in [6.45, 7) is 8.33. The number of hydrogen-bond donors (Lipinski definition) is 1. The standard InChI is InChI=1S/C14H19BrO2/c1-5-10-6-11-9(4)13(15)8(3)7(2)12(11)14(16)17-10/h10,14,16H,5-6H2,1-4H3. The molecule has 0 aliphatic carbocycles. The summed E-state index contributed by atoms with van der Waals surface area (Å²) in [5.41, 5.74) is 5.81. The van der Waals surface area contributed by atoms with Gasteiger partial charge in [0.2, 0.25) is 0 Å². The fourth-order valence-corrected chi connectivity index (χ4v) is 3.11. The molecule has 1 heterocycles. The van der Waals surface area contributed by atoms with Gasteiger partial charge in [-0.3, -0.25) is 0 Å². The quantitative estimate of drug-likeness (QED) is 0.856. The molecule has 94 valence electrons. The van der Waals surface area contributed by atoms with Crippen molar-refractivity contribution < 1.29 is 9.84 Å². The second-order valence-corrected chi connectivity index (χ2v) is 5.60. The van der Waals surface area contributed by atoms with Gasteiger partial charge in [0.25, 0.3) is 0 Å². The molecular formula is C14H19BrO2. The number of aliphatic hydroxyl groups excluding tert-OH is 1. The molecule has 0 saturated heterocycles. The molecule has 0 saturated carbocycles. The normalized spacial score (nSPS) is 23.6. The number of benzene rings is 1. The Kier molecular flexibility index (Phi) is 3.62. The van der Waals surface area contributed by atoms with E-state index in [9.17, 15) is 5.11 Å². The lowest BCUT2D eigenvalue weighted by Crippen LogP contribution is -2.27. The Morgan fingerprint density at radius 3 is 2.47 bits per heavy atom. The summed E-state index contributed by atoms with van der Waals surface area (Å²) < 4.78 is 6.80. The SMILES string of the molecule is CCC1Cc2c(C)c(Br)c(C)c(C)c2C(O)O1. The maximum absolute atomic E-state index is 10.1. The molecule has 17 heavy (non-hydrogen) atoms. The third-order valence-corrected chi connectivity index (χ3v) is 5.05. The maximum atomic E-state index is 10.1. The second-order valence-electron chi connectivity index (χ2n) is 4.80. The van der Waals surface area contributed by atoms with E-state index in [4.69, 9.17) is 4.74 Å². The zero-order valence-corrected chi connectivity index (χ0v) is 12.4. The zero-order valence-electron chi connectivity index (χ0n) is 10.8. The van der Waals surface area contributed by atoms with Crippen LogP contribution in [0.2, 0.25) is 0 Å². The summed E-state index contributed by atoms with van der Waals surface area (Å²) in [5, 5.41) is 10.1. The zero-order chi connectivity index (χ0) is 12.7. The molecule has 0 fully saturated rings. The smallest absolute Gasteiger partial charge is 0.182 e. The first kappa shape index (κ1) is 13.1. The van der Waals surface area contributed by atoms with Crippen LogP contribution < -0.4 is 0 Å². The first-order valence-electron chi connectivity index (χ1n) is 6.08. The van der Waals surface area contributed by atoms with Crippen LogP contribution in [-0.4, -0.2) is 11.2 Å². The molecule has 2 nitrogen and oxygen atoms in total. The molecule has 2 rings (SSSR count). The highest BCUT2D eigenvalue weighted by Gasteiger charge is 2.29. The van der Waals surface area contributed by atoms with E-state index in [1.54, 1.807) is 0 Å². The van der Waals surface area contributed by atoms with Crippen LogP contribution in [0.1, 0.15) is 47.5 Å². The summed E-state index contributed by atoms with van der Waals surface area (Å²) >= 11 is 3.65. The molecule has 1 N–H and O–H groups in total. The third kappa shape index (κ3) is 2.05. The van der Waals surface area contributed by atoms with Crippen LogP contribution in [-0.2, 0) is 11.2 Å². The number of hydrogen-bond acceptors (Lipinski definition) is 2. The minimum Gasteiger partial charge on any atom is -0.364 e. The van der Waals surface area contributed by atoms with Gasteiger partial charge in [-0.05, 0) is 55.9 Å². The summed E-state index contributed by atoms with van der Waals surface area (Å²) in [6, 6.07) is 0. The Hall–Kier alpha value is -0.380. The minimum absolute atomic E-state index is 0.130. The monoisotopic (exact) mass is 298 g/mol. The molecule has 2 atom stereocenters. The van der Waals surface area contributed by atoms with Gasteiger partial charge in [0.15, 0.2) is 6.29 Å². The van der Waals surface area contributed by atoms with Crippen molar-refractivity contribution in [3.05, 3.63) is 32.3 Å². The molecule has 0 amide bonds. The molecule has 1 aromatic carbocycles. The molecule has 2 unspecified atom stereocenters. The van der Waals surface area contributed by atoms with Crippen molar-refractivity contribution in [1.82, 2.24) is 0 Å². The number of fused-ring (bicyclic) bond motifs is 1. The number of halogens is 1. The van der Waals surface area contributed by atoms with E-state index in [-0.39, 0.29) is 6.10 Å². The van der Waals surface area contributed by atoms with Gasteiger partial charge in [-0.25, -0.2) is 0 Å². The van der Waals surface area contributed by atoms with E-state index < -0.39 is 6.29 Å². The van der Waals surface area contributed by atoms with Gasteiger partial charge in [-0.15, -0.1) is 0 Å². The number of aliphatic hydroxyl groups is 1. The molecule has 0 spiro atoms. The van der Waals surface area contributed by atoms with Crippen molar-refractivity contribution in [2.75, 3.05) is 0 Å². The molecule has 1 aliphatic rings. The summed E-state index contributed by atoms with van der Waals surface area (Å²) in [7, 11) is 0. The van der Waals surface area contributed by atoms with Crippen LogP contribution >= 0.6 is 15.9 Å². The fraction of sp³-hybridized carbons (Fsp3) is 0.571. The number of rotatable bonds is 1. The van der Waals surface area contributed by atoms with Crippen LogP contribution in [0.4, 0.5) is 0 Å². The first-order chi connectivity index (χ1) is 7.97. The molecule has 0 aromatic heterocycles. The van der Waals surface area contributed by atoms with Crippen molar-refractivity contribution in [3.8, 4) is 0 Å². The predicted octanol–water partition coefficient (Wildman–Crippen LogP) is 3.72. The lowest BCUT2D eigenvalue weighted by Gasteiger charge is -2.32. The van der Waals surface area contributed by atoms with Crippen LogP contribution in [0.5, 0.6) is 0 Å². The first-order valence-corrected chi connectivity index (χ1v) is 6.88. The van der Waals surface area contributed by atoms with Crippen molar-refractivity contribution in [2.45, 2.75) is 52.9 Å². The van der Waals surface area contributed by atoms with Gasteiger partial charge in [-0.2, -0.15) is 0 Å². The van der Waals surface area contributed by atoms with E-state index in [0.29, 0.717) is 0 Å². The van der Waals surface area contributed by atoms with Crippen molar-refractivity contribution >= 4 is 15.9 Å². The van der Waals surface area contributed by atoms with E-state index in [2.05, 4.69) is 43.6 Å². The largest absolute Gasteiger partial charge is 0.364 e. The van der Waals surface area contributed by atoms with Crippen LogP contribution in [0.15, 0.2) is 4.47 Å². The Labute approximate surface area is 111 Å². The van der Waals surface area contributed by atoms with Crippen molar-refractivity contribution in [1.29, 1.82) is 0 Å². The summed E-state index contributed by atoms with van der Waals surface area (Å²) in [5.74, 6) is 0. The third-order valence-electron chi connectivity index (χ3n) is 3.86. The highest BCUT2D eigenvalue weighted by molar-refractivity contribution is 9.10. The molecule has 1 aromatic rings. The van der Waals surface area contributed by atoms with Crippen LogP contribution in [0.25, 0.3) is 0 Å². The molecule has 0 bridgehead atoms. The lowest BCUT2D eigenvalue weighted by molar-refractivity contribution is -0.150. The van der Waals surface area contributed by atoms with Crippen LogP contribution in [0, 0.1) is 20.8 Å².